The van der Waals surface area contributed by atoms with Crippen LogP contribution in [-0.2, 0) is 0 Å². The van der Waals surface area contributed by atoms with Gasteiger partial charge in [0.1, 0.15) is 0 Å². The molecule has 1 saturated heterocycles. The Labute approximate surface area is 77.1 Å². The lowest BCUT2D eigenvalue weighted by Gasteiger charge is -2.32. The number of amides is 1. The fourth-order valence-electron chi connectivity index (χ4n) is 1.67. The zero-order valence-electron chi connectivity index (χ0n) is 7.52. The van der Waals surface area contributed by atoms with Gasteiger partial charge in [-0.1, -0.05) is 0 Å². The molecule has 13 heavy (non-hydrogen) atoms. The average Bonchev–Trinajstić information content (AvgIpc) is 2.17. The Bertz CT molecular complexity index is 178. The zero-order chi connectivity index (χ0) is 9.84. The van der Waals surface area contributed by atoms with Crippen LogP contribution in [0.4, 0.5) is 4.79 Å². The van der Waals surface area contributed by atoms with Crippen LogP contribution in [0.5, 0.6) is 0 Å². The number of carboxylic acid groups (broad SMARTS) is 1. The van der Waals surface area contributed by atoms with Crippen LogP contribution >= 0.6 is 0 Å². The van der Waals surface area contributed by atoms with Crippen molar-refractivity contribution in [1.29, 1.82) is 0 Å². The van der Waals surface area contributed by atoms with Gasteiger partial charge in [-0.3, -0.25) is 0 Å². The average molecular weight is 188 g/mol. The largest absolute Gasteiger partial charge is 0.465 e. The SMILES string of the molecule is NCC(O)C1CCN(C(=O)O)CC1. The summed E-state index contributed by atoms with van der Waals surface area (Å²) in [5.41, 5.74) is 5.32. The summed E-state index contributed by atoms with van der Waals surface area (Å²) >= 11 is 0. The van der Waals surface area contributed by atoms with Gasteiger partial charge >= 0.3 is 6.09 Å². The molecule has 1 aliphatic heterocycles. The minimum absolute atomic E-state index is 0.167. The summed E-state index contributed by atoms with van der Waals surface area (Å²) in [4.78, 5) is 11.9. The van der Waals surface area contributed by atoms with Crippen LogP contribution in [0.2, 0.25) is 0 Å². The molecule has 0 spiro atoms. The van der Waals surface area contributed by atoms with Crippen molar-refractivity contribution in [2.24, 2.45) is 11.7 Å². The first-order valence-electron chi connectivity index (χ1n) is 4.51. The fourth-order valence-corrected chi connectivity index (χ4v) is 1.67. The van der Waals surface area contributed by atoms with Gasteiger partial charge in [-0.15, -0.1) is 0 Å². The van der Waals surface area contributed by atoms with Crippen molar-refractivity contribution in [3.63, 3.8) is 0 Å². The molecule has 1 aliphatic rings. The van der Waals surface area contributed by atoms with E-state index in [4.69, 9.17) is 10.8 Å². The molecule has 4 N–H and O–H groups in total. The first-order chi connectivity index (χ1) is 6.15. The van der Waals surface area contributed by atoms with Crippen LogP contribution in [0.15, 0.2) is 0 Å². The van der Waals surface area contributed by atoms with E-state index in [1.165, 1.54) is 4.90 Å². The topological polar surface area (TPSA) is 86.8 Å². The van der Waals surface area contributed by atoms with Gasteiger partial charge in [-0.05, 0) is 18.8 Å². The normalized spacial score (nSPS) is 21.5. The molecular weight excluding hydrogens is 172 g/mol. The maximum absolute atomic E-state index is 10.5. The highest BCUT2D eigenvalue weighted by atomic mass is 16.4. The van der Waals surface area contributed by atoms with Crippen LogP contribution in [0.3, 0.4) is 0 Å². The van der Waals surface area contributed by atoms with Crippen molar-refractivity contribution in [2.45, 2.75) is 18.9 Å². The minimum atomic E-state index is -0.874. The molecule has 1 unspecified atom stereocenters. The Balaban J connectivity index is 2.34. The van der Waals surface area contributed by atoms with Crippen molar-refractivity contribution < 1.29 is 15.0 Å². The van der Waals surface area contributed by atoms with Crippen LogP contribution < -0.4 is 5.73 Å². The minimum Gasteiger partial charge on any atom is -0.465 e. The number of aliphatic hydroxyl groups is 1. The standard InChI is InChI=1S/C8H16N2O3/c9-5-7(11)6-1-3-10(4-2-6)8(12)13/h6-7,11H,1-5,9H2,(H,12,13). The van der Waals surface area contributed by atoms with E-state index in [1.807, 2.05) is 0 Å². The molecule has 0 bridgehead atoms. The van der Waals surface area contributed by atoms with Crippen molar-refractivity contribution in [3.8, 4) is 0 Å². The number of likely N-dealkylation sites (tertiary alicyclic amines) is 1. The highest BCUT2D eigenvalue weighted by Gasteiger charge is 2.26. The maximum atomic E-state index is 10.5. The van der Waals surface area contributed by atoms with E-state index < -0.39 is 12.2 Å². The maximum Gasteiger partial charge on any atom is 0.407 e. The summed E-state index contributed by atoms with van der Waals surface area (Å²) in [6, 6.07) is 0. The number of hydrogen-bond acceptors (Lipinski definition) is 3. The Morgan fingerprint density at radius 2 is 2.08 bits per heavy atom. The van der Waals surface area contributed by atoms with E-state index >= 15 is 0 Å². The Morgan fingerprint density at radius 3 is 2.46 bits per heavy atom. The zero-order valence-corrected chi connectivity index (χ0v) is 7.52. The Kier molecular flexibility index (Phi) is 3.50. The smallest absolute Gasteiger partial charge is 0.407 e. The van der Waals surface area contributed by atoms with E-state index in [9.17, 15) is 9.90 Å². The number of carbonyl (C=O) groups is 1. The molecule has 1 heterocycles. The van der Waals surface area contributed by atoms with Crippen molar-refractivity contribution >= 4 is 6.09 Å². The molecule has 0 aromatic heterocycles. The summed E-state index contributed by atoms with van der Waals surface area (Å²) in [5.74, 6) is 0.167. The number of piperidine rings is 1. The van der Waals surface area contributed by atoms with Crippen LogP contribution in [0.25, 0.3) is 0 Å². The lowest BCUT2D eigenvalue weighted by Crippen LogP contribution is -2.42. The molecule has 0 aromatic carbocycles. The fraction of sp³-hybridized carbons (Fsp3) is 0.875. The highest BCUT2D eigenvalue weighted by molar-refractivity contribution is 5.64. The summed E-state index contributed by atoms with van der Waals surface area (Å²) in [5, 5.41) is 18.1. The second-order valence-corrected chi connectivity index (χ2v) is 3.41. The lowest BCUT2D eigenvalue weighted by atomic mass is 9.91. The predicted octanol–water partition coefficient (Wildman–Crippen LogP) is -0.304. The Hall–Kier alpha value is -0.810. The molecule has 0 radical (unpaired) electrons. The third-order valence-electron chi connectivity index (χ3n) is 2.60. The first-order valence-corrected chi connectivity index (χ1v) is 4.51. The van der Waals surface area contributed by atoms with Gasteiger partial charge in [-0.2, -0.15) is 0 Å². The first kappa shape index (κ1) is 10.3. The van der Waals surface area contributed by atoms with Crippen molar-refractivity contribution in [3.05, 3.63) is 0 Å². The second kappa shape index (κ2) is 4.43. The third kappa shape index (κ3) is 2.57. The van der Waals surface area contributed by atoms with Gasteiger partial charge in [0.15, 0.2) is 0 Å². The van der Waals surface area contributed by atoms with Crippen LogP contribution in [-0.4, -0.2) is 46.9 Å². The molecule has 5 nitrogen and oxygen atoms in total. The number of rotatable bonds is 2. The molecule has 1 fully saturated rings. The van der Waals surface area contributed by atoms with E-state index in [2.05, 4.69) is 0 Å². The highest BCUT2D eigenvalue weighted by Crippen LogP contribution is 2.20. The molecule has 0 aromatic rings. The van der Waals surface area contributed by atoms with E-state index in [0.717, 1.165) is 0 Å². The summed E-state index contributed by atoms with van der Waals surface area (Å²) in [7, 11) is 0. The number of nitrogens with zero attached hydrogens (tertiary/aromatic N) is 1. The monoisotopic (exact) mass is 188 g/mol. The summed E-state index contributed by atoms with van der Waals surface area (Å²) < 4.78 is 0. The van der Waals surface area contributed by atoms with E-state index in [1.54, 1.807) is 0 Å². The van der Waals surface area contributed by atoms with Gasteiger partial charge in [0.25, 0.3) is 0 Å². The van der Waals surface area contributed by atoms with Crippen molar-refractivity contribution in [2.75, 3.05) is 19.6 Å². The molecule has 1 atom stereocenters. The van der Waals surface area contributed by atoms with E-state index in [-0.39, 0.29) is 12.5 Å². The predicted molar refractivity (Wildman–Crippen MR) is 47.4 cm³/mol. The molecule has 0 saturated carbocycles. The van der Waals surface area contributed by atoms with Gasteiger partial charge in [0.05, 0.1) is 6.10 Å². The quantitative estimate of drug-likeness (QED) is 0.555. The van der Waals surface area contributed by atoms with Gasteiger partial charge < -0.3 is 20.8 Å². The molecule has 0 aliphatic carbocycles. The van der Waals surface area contributed by atoms with E-state index in [0.29, 0.717) is 25.9 Å². The molecule has 5 heteroatoms. The van der Waals surface area contributed by atoms with Crippen LogP contribution in [0, 0.1) is 5.92 Å². The Morgan fingerprint density at radius 1 is 1.54 bits per heavy atom. The molecule has 76 valence electrons. The number of nitrogens with two attached hydrogens (primary N) is 1. The lowest BCUT2D eigenvalue weighted by molar-refractivity contribution is 0.0630. The second-order valence-electron chi connectivity index (χ2n) is 3.41. The van der Waals surface area contributed by atoms with Gasteiger partial charge in [-0.25, -0.2) is 4.79 Å². The number of aliphatic hydroxyl groups excluding tert-OH is 1. The van der Waals surface area contributed by atoms with Gasteiger partial charge in [0.2, 0.25) is 0 Å². The number of hydrogen-bond donors (Lipinski definition) is 3. The molecular formula is C8H16N2O3. The van der Waals surface area contributed by atoms with Crippen molar-refractivity contribution in [1.82, 2.24) is 4.90 Å². The van der Waals surface area contributed by atoms with Gasteiger partial charge in [0, 0.05) is 19.6 Å². The summed E-state index contributed by atoms with van der Waals surface area (Å²) in [6.07, 6.45) is 0.0756. The third-order valence-corrected chi connectivity index (χ3v) is 2.60. The summed E-state index contributed by atoms with van der Waals surface area (Å²) in [6.45, 7) is 1.28. The molecule has 1 rings (SSSR count). The van der Waals surface area contributed by atoms with Crippen LogP contribution in [0.1, 0.15) is 12.8 Å². The molecule has 1 amide bonds.